The SMILES string of the molecule is O=C(NC1CCCC1C(=O)O)NN1CCOCC1. The highest BCUT2D eigenvalue weighted by molar-refractivity contribution is 5.76. The molecule has 2 aliphatic rings. The molecule has 2 amide bonds. The molecule has 2 unspecified atom stereocenters. The van der Waals surface area contributed by atoms with Crippen molar-refractivity contribution in [2.45, 2.75) is 25.3 Å². The summed E-state index contributed by atoms with van der Waals surface area (Å²) in [5.74, 6) is -1.29. The number of ether oxygens (including phenoxy) is 1. The highest BCUT2D eigenvalue weighted by atomic mass is 16.5. The standard InChI is InChI=1S/C11H19N3O4/c15-10(16)8-2-1-3-9(8)12-11(17)13-14-4-6-18-7-5-14/h8-9H,1-7H2,(H,15,16)(H2,12,13,17). The van der Waals surface area contributed by atoms with Gasteiger partial charge >= 0.3 is 12.0 Å². The lowest BCUT2D eigenvalue weighted by Gasteiger charge is -2.28. The van der Waals surface area contributed by atoms with Crippen LogP contribution in [0.3, 0.4) is 0 Å². The fourth-order valence-electron chi connectivity index (χ4n) is 2.45. The number of aliphatic carboxylic acids is 1. The fourth-order valence-corrected chi connectivity index (χ4v) is 2.45. The molecule has 7 heteroatoms. The molecular weight excluding hydrogens is 238 g/mol. The number of urea groups is 1. The fraction of sp³-hybridized carbons (Fsp3) is 0.818. The summed E-state index contributed by atoms with van der Waals surface area (Å²) in [5, 5.41) is 13.5. The van der Waals surface area contributed by atoms with E-state index >= 15 is 0 Å². The number of carbonyl (C=O) groups excluding carboxylic acids is 1. The van der Waals surface area contributed by atoms with Gasteiger partial charge in [0.1, 0.15) is 0 Å². The van der Waals surface area contributed by atoms with E-state index in [1.807, 2.05) is 0 Å². The number of amides is 2. The van der Waals surface area contributed by atoms with Crippen molar-refractivity contribution >= 4 is 12.0 Å². The van der Waals surface area contributed by atoms with E-state index in [0.717, 1.165) is 12.8 Å². The molecule has 1 saturated heterocycles. The zero-order valence-electron chi connectivity index (χ0n) is 10.2. The summed E-state index contributed by atoms with van der Waals surface area (Å²) in [6.45, 7) is 2.50. The van der Waals surface area contributed by atoms with Crippen LogP contribution in [0.2, 0.25) is 0 Å². The molecule has 0 spiro atoms. The van der Waals surface area contributed by atoms with Gasteiger partial charge in [0.25, 0.3) is 0 Å². The number of carboxylic acid groups (broad SMARTS) is 1. The molecule has 0 aromatic heterocycles. The first-order valence-corrected chi connectivity index (χ1v) is 6.29. The maximum atomic E-state index is 11.7. The minimum absolute atomic E-state index is 0.261. The molecule has 2 atom stereocenters. The van der Waals surface area contributed by atoms with E-state index in [0.29, 0.717) is 32.7 Å². The Morgan fingerprint density at radius 3 is 2.61 bits per heavy atom. The zero-order chi connectivity index (χ0) is 13.0. The Bertz CT molecular complexity index is 317. The van der Waals surface area contributed by atoms with Crippen LogP contribution in [-0.2, 0) is 9.53 Å². The van der Waals surface area contributed by atoms with Gasteiger partial charge in [0.2, 0.25) is 0 Å². The van der Waals surface area contributed by atoms with Crippen LogP contribution < -0.4 is 10.7 Å². The quantitative estimate of drug-likeness (QED) is 0.650. The van der Waals surface area contributed by atoms with Crippen molar-refractivity contribution in [2.75, 3.05) is 26.3 Å². The molecule has 2 fully saturated rings. The Kier molecular flexibility index (Phi) is 4.38. The molecule has 18 heavy (non-hydrogen) atoms. The third kappa shape index (κ3) is 3.33. The molecule has 2 rings (SSSR count). The molecule has 0 aromatic carbocycles. The van der Waals surface area contributed by atoms with E-state index in [9.17, 15) is 9.59 Å². The number of carbonyl (C=O) groups is 2. The number of nitrogens with one attached hydrogen (secondary N) is 2. The van der Waals surface area contributed by atoms with Gasteiger partial charge in [-0.3, -0.25) is 10.2 Å². The van der Waals surface area contributed by atoms with Gasteiger partial charge in [-0.15, -0.1) is 0 Å². The lowest BCUT2D eigenvalue weighted by Crippen LogP contribution is -2.54. The largest absolute Gasteiger partial charge is 0.481 e. The normalized spacial score (nSPS) is 28.9. The average Bonchev–Trinajstić information content (AvgIpc) is 2.78. The molecule has 1 heterocycles. The summed E-state index contributed by atoms with van der Waals surface area (Å²) in [6.07, 6.45) is 2.21. The number of carboxylic acids is 1. The summed E-state index contributed by atoms with van der Waals surface area (Å²) in [7, 11) is 0. The third-order valence-corrected chi connectivity index (χ3v) is 3.42. The Balaban J connectivity index is 1.77. The number of rotatable bonds is 3. The predicted molar refractivity (Wildman–Crippen MR) is 62.8 cm³/mol. The van der Waals surface area contributed by atoms with Crippen molar-refractivity contribution in [1.29, 1.82) is 0 Å². The summed E-state index contributed by atoms with van der Waals surface area (Å²) in [4.78, 5) is 22.7. The second kappa shape index (κ2) is 6.01. The Labute approximate surface area is 105 Å². The summed E-state index contributed by atoms with van der Waals surface area (Å²) >= 11 is 0. The van der Waals surface area contributed by atoms with Crippen molar-refractivity contribution in [1.82, 2.24) is 15.8 Å². The predicted octanol–water partition coefficient (Wildman–Crippen LogP) is -0.214. The van der Waals surface area contributed by atoms with Gasteiger partial charge < -0.3 is 15.2 Å². The summed E-state index contributed by atoms with van der Waals surface area (Å²) < 4.78 is 5.17. The minimum Gasteiger partial charge on any atom is -0.481 e. The number of hydrogen-bond acceptors (Lipinski definition) is 4. The Hall–Kier alpha value is -1.34. The first kappa shape index (κ1) is 13.1. The first-order chi connectivity index (χ1) is 8.66. The van der Waals surface area contributed by atoms with Gasteiger partial charge in [0.05, 0.1) is 19.1 Å². The summed E-state index contributed by atoms with van der Waals surface area (Å²) in [5.41, 5.74) is 2.72. The number of nitrogens with zero attached hydrogens (tertiary/aromatic N) is 1. The van der Waals surface area contributed by atoms with Crippen molar-refractivity contribution < 1.29 is 19.4 Å². The van der Waals surface area contributed by atoms with E-state index in [-0.39, 0.29) is 12.1 Å². The lowest BCUT2D eigenvalue weighted by molar-refractivity contribution is -0.142. The molecule has 0 bridgehead atoms. The summed E-state index contributed by atoms with van der Waals surface area (Å²) in [6, 6.07) is -0.585. The second-order valence-corrected chi connectivity index (χ2v) is 4.67. The van der Waals surface area contributed by atoms with E-state index < -0.39 is 11.9 Å². The van der Waals surface area contributed by atoms with Gasteiger partial charge in [-0.05, 0) is 12.8 Å². The molecule has 102 valence electrons. The molecule has 0 radical (unpaired) electrons. The zero-order valence-corrected chi connectivity index (χ0v) is 10.2. The smallest absolute Gasteiger partial charge is 0.329 e. The monoisotopic (exact) mass is 257 g/mol. The number of hydrazine groups is 1. The van der Waals surface area contributed by atoms with Gasteiger partial charge in [-0.2, -0.15) is 0 Å². The van der Waals surface area contributed by atoms with E-state index in [2.05, 4.69) is 10.7 Å². The highest BCUT2D eigenvalue weighted by Gasteiger charge is 2.34. The van der Waals surface area contributed by atoms with Crippen LogP contribution in [-0.4, -0.2) is 54.5 Å². The van der Waals surface area contributed by atoms with Crippen molar-refractivity contribution in [3.63, 3.8) is 0 Å². The van der Waals surface area contributed by atoms with E-state index in [4.69, 9.17) is 9.84 Å². The molecule has 3 N–H and O–H groups in total. The van der Waals surface area contributed by atoms with Gasteiger partial charge in [-0.1, -0.05) is 6.42 Å². The van der Waals surface area contributed by atoms with E-state index in [1.54, 1.807) is 5.01 Å². The third-order valence-electron chi connectivity index (χ3n) is 3.42. The van der Waals surface area contributed by atoms with Crippen LogP contribution in [0.5, 0.6) is 0 Å². The van der Waals surface area contributed by atoms with Crippen LogP contribution in [0.25, 0.3) is 0 Å². The maximum absolute atomic E-state index is 11.7. The van der Waals surface area contributed by atoms with Crippen LogP contribution >= 0.6 is 0 Å². The second-order valence-electron chi connectivity index (χ2n) is 4.67. The van der Waals surface area contributed by atoms with E-state index in [1.165, 1.54) is 0 Å². The van der Waals surface area contributed by atoms with Crippen molar-refractivity contribution in [3.05, 3.63) is 0 Å². The molecule has 1 aliphatic heterocycles. The minimum atomic E-state index is -0.829. The Morgan fingerprint density at radius 2 is 1.94 bits per heavy atom. The van der Waals surface area contributed by atoms with Crippen molar-refractivity contribution in [3.8, 4) is 0 Å². The number of morpholine rings is 1. The van der Waals surface area contributed by atoms with Gasteiger partial charge in [0, 0.05) is 19.1 Å². The van der Waals surface area contributed by atoms with Crippen molar-refractivity contribution in [2.24, 2.45) is 5.92 Å². The molecule has 1 aliphatic carbocycles. The van der Waals surface area contributed by atoms with Crippen LogP contribution in [0.1, 0.15) is 19.3 Å². The molecule has 7 nitrogen and oxygen atoms in total. The van der Waals surface area contributed by atoms with Gasteiger partial charge in [0.15, 0.2) is 0 Å². The molecular formula is C11H19N3O4. The highest BCUT2D eigenvalue weighted by Crippen LogP contribution is 2.25. The van der Waals surface area contributed by atoms with Crippen LogP contribution in [0.15, 0.2) is 0 Å². The van der Waals surface area contributed by atoms with Gasteiger partial charge in [-0.25, -0.2) is 9.80 Å². The lowest BCUT2D eigenvalue weighted by atomic mass is 10.0. The maximum Gasteiger partial charge on any atom is 0.329 e. The van der Waals surface area contributed by atoms with Crippen LogP contribution in [0, 0.1) is 5.92 Å². The topological polar surface area (TPSA) is 90.9 Å². The molecule has 1 saturated carbocycles. The molecule has 0 aromatic rings. The first-order valence-electron chi connectivity index (χ1n) is 6.29. The number of hydrogen-bond donors (Lipinski definition) is 3. The Morgan fingerprint density at radius 1 is 1.22 bits per heavy atom. The van der Waals surface area contributed by atoms with Crippen LogP contribution in [0.4, 0.5) is 4.79 Å². The average molecular weight is 257 g/mol.